The van der Waals surface area contributed by atoms with Crippen molar-refractivity contribution in [1.82, 2.24) is 5.32 Å². The first-order chi connectivity index (χ1) is 10.1. The van der Waals surface area contributed by atoms with Crippen LogP contribution >= 0.6 is 0 Å². The maximum Gasteiger partial charge on any atom is 0.326 e. The number of aliphatic carboxylic acids is 1. The van der Waals surface area contributed by atoms with Gasteiger partial charge < -0.3 is 25.2 Å². The fraction of sp³-hybridized carbons (Fsp3) is 0.429. The van der Waals surface area contributed by atoms with E-state index >= 15 is 0 Å². The molecule has 2 rings (SSSR count). The first-order valence-electron chi connectivity index (χ1n) is 6.63. The minimum absolute atomic E-state index is 0.203. The van der Waals surface area contributed by atoms with Crippen molar-refractivity contribution in [1.29, 1.82) is 0 Å². The number of methoxy groups -OCH3 is 1. The van der Waals surface area contributed by atoms with Gasteiger partial charge in [-0.1, -0.05) is 12.1 Å². The van der Waals surface area contributed by atoms with Gasteiger partial charge in [-0.3, -0.25) is 4.79 Å². The van der Waals surface area contributed by atoms with Gasteiger partial charge in [0.1, 0.15) is 11.8 Å². The van der Waals surface area contributed by atoms with Gasteiger partial charge in [-0.15, -0.1) is 0 Å². The van der Waals surface area contributed by atoms with E-state index in [0.29, 0.717) is 12.3 Å². The summed E-state index contributed by atoms with van der Waals surface area (Å²) in [5, 5.41) is 14.6. The second-order valence-electron chi connectivity index (χ2n) is 4.66. The summed E-state index contributed by atoms with van der Waals surface area (Å²) in [6.07, 6.45) is -0.557. The Kier molecular flexibility index (Phi) is 4.99. The molecule has 0 bridgehead atoms. The third kappa shape index (κ3) is 3.85. The van der Waals surface area contributed by atoms with Gasteiger partial charge >= 0.3 is 5.97 Å². The van der Waals surface area contributed by atoms with Crippen LogP contribution in [0.5, 0.6) is 5.75 Å². The fourth-order valence-electron chi connectivity index (χ4n) is 2.02. The number of carbonyl (C=O) groups is 2. The van der Waals surface area contributed by atoms with E-state index in [0.717, 1.165) is 5.69 Å². The summed E-state index contributed by atoms with van der Waals surface area (Å²) in [4.78, 5) is 23.2. The molecular weight excluding hydrogens is 276 g/mol. The highest BCUT2D eigenvalue weighted by atomic mass is 16.5. The minimum Gasteiger partial charge on any atom is -0.480 e. The van der Waals surface area contributed by atoms with Crippen molar-refractivity contribution >= 4 is 17.6 Å². The highest BCUT2D eigenvalue weighted by Gasteiger charge is 2.29. The average Bonchev–Trinajstić information content (AvgIpc) is 2.50. The van der Waals surface area contributed by atoms with Gasteiger partial charge in [0.05, 0.1) is 12.2 Å². The van der Waals surface area contributed by atoms with E-state index in [1.165, 1.54) is 7.11 Å². The molecule has 1 heterocycles. The van der Waals surface area contributed by atoms with Crippen LogP contribution in [-0.4, -0.2) is 49.4 Å². The summed E-state index contributed by atoms with van der Waals surface area (Å²) < 4.78 is 10.4. The van der Waals surface area contributed by atoms with Crippen molar-refractivity contribution in [3.8, 4) is 5.75 Å². The number of carboxylic acids is 1. The van der Waals surface area contributed by atoms with Crippen LogP contribution in [0, 0.1) is 0 Å². The smallest absolute Gasteiger partial charge is 0.326 e. The van der Waals surface area contributed by atoms with E-state index in [1.807, 2.05) is 12.1 Å². The van der Waals surface area contributed by atoms with Crippen LogP contribution in [0.15, 0.2) is 24.3 Å². The number of hydrogen-bond acceptors (Lipinski definition) is 5. The predicted molar refractivity (Wildman–Crippen MR) is 75.4 cm³/mol. The zero-order valence-corrected chi connectivity index (χ0v) is 11.7. The lowest BCUT2D eigenvalue weighted by atomic mass is 10.1. The molecule has 1 aromatic carbocycles. The molecule has 0 saturated heterocycles. The van der Waals surface area contributed by atoms with Crippen molar-refractivity contribution < 1.29 is 24.2 Å². The maximum atomic E-state index is 12.1. The second kappa shape index (κ2) is 6.94. The molecule has 0 spiro atoms. The summed E-state index contributed by atoms with van der Waals surface area (Å²) in [5.41, 5.74) is 0.815. The monoisotopic (exact) mass is 294 g/mol. The molecule has 1 aliphatic heterocycles. The van der Waals surface area contributed by atoms with Crippen LogP contribution in [-0.2, 0) is 14.3 Å². The zero-order chi connectivity index (χ0) is 15.2. The number of anilines is 1. The van der Waals surface area contributed by atoms with Crippen LogP contribution in [0.2, 0.25) is 0 Å². The van der Waals surface area contributed by atoms with Gasteiger partial charge in [0.15, 0.2) is 6.10 Å². The number of carbonyl (C=O) groups excluding carboxylic acids is 1. The molecule has 0 aromatic heterocycles. The van der Waals surface area contributed by atoms with Gasteiger partial charge in [0.2, 0.25) is 0 Å². The molecule has 7 nitrogen and oxygen atoms in total. The van der Waals surface area contributed by atoms with Crippen molar-refractivity contribution in [2.45, 2.75) is 18.6 Å². The van der Waals surface area contributed by atoms with Gasteiger partial charge in [0.25, 0.3) is 5.91 Å². The zero-order valence-electron chi connectivity index (χ0n) is 11.7. The predicted octanol–water partition coefficient (Wildman–Crippen LogP) is 0.465. The van der Waals surface area contributed by atoms with E-state index < -0.39 is 24.0 Å². The Morgan fingerprint density at radius 2 is 2.29 bits per heavy atom. The lowest BCUT2D eigenvalue weighted by molar-refractivity contribution is -0.143. The Balaban J connectivity index is 1.96. The van der Waals surface area contributed by atoms with Gasteiger partial charge in [0, 0.05) is 20.1 Å². The van der Waals surface area contributed by atoms with Crippen molar-refractivity contribution in [2.24, 2.45) is 0 Å². The van der Waals surface area contributed by atoms with E-state index in [-0.39, 0.29) is 13.0 Å². The Hall–Kier alpha value is -2.28. The molecule has 2 unspecified atom stereocenters. The highest BCUT2D eigenvalue weighted by molar-refractivity contribution is 5.87. The molecule has 114 valence electrons. The van der Waals surface area contributed by atoms with Crippen molar-refractivity contribution in [3.63, 3.8) is 0 Å². The molecule has 0 radical (unpaired) electrons. The van der Waals surface area contributed by atoms with E-state index in [9.17, 15) is 9.59 Å². The molecule has 1 amide bonds. The van der Waals surface area contributed by atoms with Crippen LogP contribution < -0.4 is 15.4 Å². The molecule has 0 saturated carbocycles. The number of rotatable bonds is 6. The third-order valence-corrected chi connectivity index (χ3v) is 3.15. The SMILES string of the molecule is COCCC(NC(=O)C1CNc2ccccc2O1)C(=O)O. The van der Waals surface area contributed by atoms with Crippen LogP contribution in [0.25, 0.3) is 0 Å². The Labute approximate surface area is 122 Å². The number of ether oxygens (including phenoxy) is 2. The third-order valence-electron chi connectivity index (χ3n) is 3.15. The highest BCUT2D eigenvalue weighted by Crippen LogP contribution is 2.28. The summed E-state index contributed by atoms with van der Waals surface area (Å²) in [6.45, 7) is 0.545. The molecule has 1 aromatic rings. The quantitative estimate of drug-likeness (QED) is 0.705. The minimum atomic E-state index is -1.09. The van der Waals surface area contributed by atoms with Crippen LogP contribution in [0.1, 0.15) is 6.42 Å². The molecular formula is C14H18N2O5. The maximum absolute atomic E-state index is 12.1. The van der Waals surface area contributed by atoms with E-state index in [4.69, 9.17) is 14.6 Å². The van der Waals surface area contributed by atoms with Gasteiger partial charge in [-0.05, 0) is 12.1 Å². The first-order valence-corrected chi connectivity index (χ1v) is 6.63. The number of amides is 1. The van der Waals surface area contributed by atoms with Gasteiger partial charge in [-0.25, -0.2) is 4.79 Å². The number of carboxylic acid groups (broad SMARTS) is 1. The standard InChI is InChI=1S/C14H18N2O5/c1-20-7-6-10(14(18)19)16-13(17)12-8-15-9-4-2-3-5-11(9)21-12/h2-5,10,12,15H,6-8H2,1H3,(H,16,17)(H,18,19). The largest absolute Gasteiger partial charge is 0.480 e. The summed E-state index contributed by atoms with van der Waals surface area (Å²) >= 11 is 0. The molecule has 21 heavy (non-hydrogen) atoms. The molecule has 0 aliphatic carbocycles. The topological polar surface area (TPSA) is 96.9 Å². The number of nitrogens with one attached hydrogen (secondary N) is 2. The van der Waals surface area contributed by atoms with E-state index in [2.05, 4.69) is 10.6 Å². The second-order valence-corrected chi connectivity index (χ2v) is 4.66. The van der Waals surface area contributed by atoms with E-state index in [1.54, 1.807) is 12.1 Å². The summed E-state index contributed by atoms with van der Waals surface area (Å²) in [7, 11) is 1.48. The van der Waals surface area contributed by atoms with Crippen LogP contribution in [0.3, 0.4) is 0 Å². The molecule has 3 N–H and O–H groups in total. The molecule has 2 atom stereocenters. The number of hydrogen-bond donors (Lipinski definition) is 3. The Morgan fingerprint density at radius 1 is 1.52 bits per heavy atom. The lowest BCUT2D eigenvalue weighted by Crippen LogP contribution is -2.50. The number of benzene rings is 1. The van der Waals surface area contributed by atoms with Crippen LogP contribution in [0.4, 0.5) is 5.69 Å². The molecule has 1 aliphatic rings. The normalized spacial score (nSPS) is 17.9. The number of fused-ring (bicyclic) bond motifs is 1. The molecule has 0 fully saturated rings. The fourth-order valence-corrected chi connectivity index (χ4v) is 2.02. The lowest BCUT2D eigenvalue weighted by Gasteiger charge is -2.27. The average molecular weight is 294 g/mol. The summed E-state index contributed by atoms with van der Waals surface area (Å²) in [5.74, 6) is -0.974. The number of para-hydroxylation sites is 2. The Morgan fingerprint density at radius 3 is 3.00 bits per heavy atom. The van der Waals surface area contributed by atoms with Crippen molar-refractivity contribution in [2.75, 3.05) is 25.6 Å². The summed E-state index contributed by atoms with van der Waals surface area (Å²) in [6, 6.07) is 6.28. The Bertz CT molecular complexity index is 520. The molecule has 7 heteroatoms. The first kappa shape index (κ1) is 15.1. The van der Waals surface area contributed by atoms with Gasteiger partial charge in [-0.2, -0.15) is 0 Å². The van der Waals surface area contributed by atoms with Crippen molar-refractivity contribution in [3.05, 3.63) is 24.3 Å².